The number of nitrogens with one attached hydrogen (secondary N) is 1. The number of hydrogen-bond donors (Lipinski definition) is 1. The Bertz CT molecular complexity index is 1250. The van der Waals surface area contributed by atoms with E-state index >= 15 is 0 Å². The van der Waals surface area contributed by atoms with Crippen LogP contribution >= 0.6 is 69.6 Å². The third-order valence-electron chi connectivity index (χ3n) is 4.24. The van der Waals surface area contributed by atoms with E-state index in [-0.39, 0.29) is 20.9 Å². The molecule has 4 aromatic heterocycles. The summed E-state index contributed by atoms with van der Waals surface area (Å²) in [6.07, 6.45) is 3.32. The van der Waals surface area contributed by atoms with Crippen LogP contribution in [-0.4, -0.2) is 44.2 Å². The van der Waals surface area contributed by atoms with Crippen LogP contribution in [0.1, 0.15) is 0 Å². The lowest BCUT2D eigenvalue weighted by molar-refractivity contribution is 0.0899. The monoisotopic (exact) mass is 572 g/mol. The second-order valence-corrected chi connectivity index (χ2v) is 15.7. The van der Waals surface area contributed by atoms with Gasteiger partial charge in [-0.1, -0.05) is 66.0 Å². The summed E-state index contributed by atoms with van der Waals surface area (Å²) in [5.41, 5.74) is 1.14. The average Bonchev–Trinajstić information content (AvgIpc) is 3.18. The molecule has 0 aliphatic rings. The predicted octanol–water partition coefficient (Wildman–Crippen LogP) is 7.62. The average molecular weight is 575 g/mol. The first kappa shape index (κ1) is 25.8. The number of hydrogen-bond acceptors (Lipinski definition) is 5. The molecule has 172 valence electrons. The highest BCUT2D eigenvalue weighted by Gasteiger charge is 2.16. The Hall–Kier alpha value is -0.843. The van der Waals surface area contributed by atoms with Crippen LogP contribution in [0.4, 0.5) is 0 Å². The van der Waals surface area contributed by atoms with Crippen molar-refractivity contribution in [3.05, 3.63) is 43.3 Å². The molecule has 0 amide bonds. The fourth-order valence-corrected chi connectivity index (χ4v) is 4.98. The van der Waals surface area contributed by atoms with Crippen LogP contribution in [0.25, 0.3) is 22.1 Å². The van der Waals surface area contributed by atoms with Gasteiger partial charge in [-0.2, -0.15) is 9.97 Å². The van der Waals surface area contributed by atoms with Gasteiger partial charge in [-0.3, -0.25) is 0 Å². The molecule has 0 atom stereocenters. The summed E-state index contributed by atoms with van der Waals surface area (Å²) in [5, 5.41) is 2.91. The molecule has 0 saturated heterocycles. The molecule has 0 unspecified atom stereocenters. The molecule has 0 aromatic carbocycles. The van der Waals surface area contributed by atoms with Gasteiger partial charge in [0.1, 0.15) is 28.3 Å². The summed E-state index contributed by atoms with van der Waals surface area (Å²) in [4.78, 5) is 18.5. The maximum atomic E-state index is 6.14. The van der Waals surface area contributed by atoms with Crippen molar-refractivity contribution < 1.29 is 4.74 Å². The van der Waals surface area contributed by atoms with Gasteiger partial charge in [0, 0.05) is 27.1 Å². The minimum Gasteiger partial charge on any atom is -0.361 e. The summed E-state index contributed by atoms with van der Waals surface area (Å²) in [6, 6.07) is 1.11. The number of fused-ring (bicyclic) bond motifs is 2. The number of rotatable bonds is 5. The van der Waals surface area contributed by atoms with Gasteiger partial charge < -0.3 is 14.3 Å². The first-order valence-corrected chi connectivity index (χ1v) is 15.2. The molecule has 1 N–H and O–H groups in total. The van der Waals surface area contributed by atoms with E-state index in [0.29, 0.717) is 38.8 Å². The maximum Gasteiger partial charge on any atom is 0.225 e. The van der Waals surface area contributed by atoms with E-state index in [1.54, 1.807) is 17.0 Å². The number of halogens is 6. The van der Waals surface area contributed by atoms with Crippen molar-refractivity contribution in [2.24, 2.45) is 0 Å². The second-order valence-electron chi connectivity index (χ2n) is 7.92. The van der Waals surface area contributed by atoms with E-state index in [1.165, 1.54) is 0 Å². The number of aromatic amines is 1. The van der Waals surface area contributed by atoms with Crippen LogP contribution in [0, 0.1) is 0 Å². The lowest BCUT2D eigenvalue weighted by Gasteiger charge is -2.15. The molecule has 0 aliphatic carbocycles. The van der Waals surface area contributed by atoms with Crippen LogP contribution < -0.4 is 0 Å². The molecule has 0 bridgehead atoms. The highest BCUT2D eigenvalue weighted by atomic mass is 35.5. The number of aromatic nitrogens is 6. The Morgan fingerprint density at radius 2 is 1.50 bits per heavy atom. The van der Waals surface area contributed by atoms with Crippen LogP contribution in [0.3, 0.4) is 0 Å². The van der Waals surface area contributed by atoms with Gasteiger partial charge in [0.05, 0.1) is 20.8 Å². The van der Waals surface area contributed by atoms with Crippen molar-refractivity contribution in [3.8, 4) is 0 Å². The number of ether oxygens (including phenoxy) is 1. The van der Waals surface area contributed by atoms with Gasteiger partial charge in [-0.25, -0.2) is 9.97 Å². The molecule has 0 aliphatic heterocycles. The lowest BCUT2D eigenvalue weighted by atomic mass is 10.4. The van der Waals surface area contributed by atoms with Crippen molar-refractivity contribution in [2.75, 3.05) is 6.61 Å². The topological polar surface area (TPSA) is 81.5 Å². The molecular weight excluding hydrogens is 557 g/mol. The van der Waals surface area contributed by atoms with Crippen molar-refractivity contribution in [3.63, 3.8) is 0 Å². The third kappa shape index (κ3) is 6.39. The van der Waals surface area contributed by atoms with E-state index in [9.17, 15) is 0 Å². The molecule has 0 radical (unpaired) electrons. The van der Waals surface area contributed by atoms with Gasteiger partial charge >= 0.3 is 0 Å². The van der Waals surface area contributed by atoms with Crippen molar-refractivity contribution in [1.82, 2.24) is 29.5 Å². The molecule has 0 saturated carbocycles. The van der Waals surface area contributed by atoms with Gasteiger partial charge in [0.2, 0.25) is 10.6 Å². The molecule has 0 spiro atoms. The Labute approximate surface area is 215 Å². The van der Waals surface area contributed by atoms with E-state index in [0.717, 1.165) is 12.7 Å². The number of H-pyrrole nitrogens is 1. The molecule has 4 aromatic rings. The minimum atomic E-state index is -1.09. The van der Waals surface area contributed by atoms with Crippen LogP contribution in [0.2, 0.25) is 56.6 Å². The van der Waals surface area contributed by atoms with Crippen LogP contribution in [0.5, 0.6) is 0 Å². The minimum absolute atomic E-state index is 0.0978. The first-order valence-electron chi connectivity index (χ1n) is 9.27. The maximum absolute atomic E-state index is 6.14. The quantitative estimate of drug-likeness (QED) is 0.115. The van der Waals surface area contributed by atoms with Crippen LogP contribution in [0.15, 0.2) is 12.4 Å². The normalized spacial score (nSPS) is 11.8. The van der Waals surface area contributed by atoms with E-state index in [4.69, 9.17) is 74.3 Å². The summed E-state index contributed by atoms with van der Waals surface area (Å²) in [5.74, 6) is 0. The lowest BCUT2D eigenvalue weighted by Crippen LogP contribution is -2.22. The largest absolute Gasteiger partial charge is 0.361 e. The van der Waals surface area contributed by atoms with Gasteiger partial charge in [0.15, 0.2) is 0 Å². The standard InChI is InChI=1S/C12H16Cl3N3OSi.C6H2Cl3N3/c1-20(2,3)5-4-19-7-18-6-8(13)9-10(14)16-12(15)17-11(9)18;7-2-1-10-5-3(2)4(8)11-6(9)12-5/h6H,4-5,7H2,1-3H3;1H,(H,10,11,12). The van der Waals surface area contributed by atoms with E-state index < -0.39 is 8.07 Å². The summed E-state index contributed by atoms with van der Waals surface area (Å²) >= 11 is 35.1. The molecular formula is C18H18Cl6N6OSi. The molecule has 14 heteroatoms. The summed E-state index contributed by atoms with van der Waals surface area (Å²) in [7, 11) is -1.09. The summed E-state index contributed by atoms with van der Waals surface area (Å²) < 4.78 is 7.48. The van der Waals surface area contributed by atoms with Gasteiger partial charge in [0.25, 0.3) is 0 Å². The predicted molar refractivity (Wildman–Crippen MR) is 136 cm³/mol. The van der Waals surface area contributed by atoms with E-state index in [2.05, 4.69) is 44.6 Å². The van der Waals surface area contributed by atoms with E-state index in [1.807, 2.05) is 0 Å². The molecule has 0 fully saturated rings. The zero-order chi connectivity index (χ0) is 23.6. The highest BCUT2D eigenvalue weighted by Crippen LogP contribution is 2.31. The molecule has 4 heterocycles. The van der Waals surface area contributed by atoms with Crippen LogP contribution in [-0.2, 0) is 11.5 Å². The highest BCUT2D eigenvalue weighted by molar-refractivity contribution is 6.76. The first-order chi connectivity index (χ1) is 15.0. The number of nitrogens with zero attached hydrogens (tertiary/aromatic N) is 5. The fraction of sp³-hybridized carbons (Fsp3) is 0.333. The SMILES string of the molecule is C[Si](C)(C)CCOCn1cc(Cl)c2c(Cl)nc(Cl)nc21.Clc1nc(Cl)c2c(Cl)c[nH]c2n1. The second kappa shape index (κ2) is 10.6. The third-order valence-corrected chi connectivity index (χ3v) is 7.41. The van der Waals surface area contributed by atoms with Crippen molar-refractivity contribution in [2.45, 2.75) is 32.4 Å². The van der Waals surface area contributed by atoms with Gasteiger partial charge in [-0.15, -0.1) is 0 Å². The van der Waals surface area contributed by atoms with Gasteiger partial charge in [-0.05, 0) is 29.2 Å². The molecule has 32 heavy (non-hydrogen) atoms. The smallest absolute Gasteiger partial charge is 0.225 e. The zero-order valence-corrected chi connectivity index (χ0v) is 22.7. The van der Waals surface area contributed by atoms with Crippen molar-refractivity contribution in [1.29, 1.82) is 0 Å². The Morgan fingerprint density at radius 1 is 0.875 bits per heavy atom. The zero-order valence-electron chi connectivity index (χ0n) is 17.2. The molecule has 4 rings (SSSR count). The fourth-order valence-electron chi connectivity index (χ4n) is 2.64. The Balaban J connectivity index is 0.000000204. The Morgan fingerprint density at radius 3 is 2.16 bits per heavy atom. The Kier molecular flexibility index (Phi) is 8.55. The molecule has 7 nitrogen and oxygen atoms in total. The van der Waals surface area contributed by atoms with Crippen molar-refractivity contribution >= 4 is 99.7 Å². The summed E-state index contributed by atoms with van der Waals surface area (Å²) in [6.45, 7) is 8.03.